The summed E-state index contributed by atoms with van der Waals surface area (Å²) in [7, 11) is 1.40. The van der Waals surface area contributed by atoms with E-state index in [4.69, 9.17) is 9.15 Å². The number of methoxy groups -OCH3 is 1. The number of nitrogens with one attached hydrogen (secondary N) is 1. The van der Waals surface area contributed by atoms with Crippen molar-refractivity contribution >= 4 is 5.97 Å². The predicted octanol–water partition coefficient (Wildman–Crippen LogP) is 1.56. The highest BCUT2D eigenvalue weighted by Gasteiger charge is 2.32. The number of piperidine rings is 1. The number of fused-ring (bicyclic) bond motifs is 1. The Morgan fingerprint density at radius 2 is 2.40 bits per heavy atom. The zero-order valence-electron chi connectivity index (χ0n) is 12.1. The molecule has 2 aliphatic heterocycles. The maximum Gasteiger partial charge on any atom is 0.341 e. The summed E-state index contributed by atoms with van der Waals surface area (Å²) in [5.41, 5.74) is 0.542. The third-order valence-electron chi connectivity index (χ3n) is 4.49. The van der Waals surface area contributed by atoms with Crippen LogP contribution in [0, 0.1) is 12.8 Å². The van der Waals surface area contributed by atoms with Crippen LogP contribution in [-0.2, 0) is 11.3 Å². The van der Waals surface area contributed by atoms with Crippen molar-refractivity contribution in [1.82, 2.24) is 10.2 Å². The van der Waals surface area contributed by atoms with Gasteiger partial charge in [-0.05, 0) is 38.3 Å². The highest BCUT2D eigenvalue weighted by atomic mass is 16.5. The first-order valence-corrected chi connectivity index (χ1v) is 7.30. The first-order valence-electron chi connectivity index (χ1n) is 7.30. The van der Waals surface area contributed by atoms with Crippen LogP contribution in [0.5, 0.6) is 0 Å². The summed E-state index contributed by atoms with van der Waals surface area (Å²) in [6, 6.07) is 2.52. The summed E-state index contributed by atoms with van der Waals surface area (Å²) in [4.78, 5) is 14.0. The van der Waals surface area contributed by atoms with Gasteiger partial charge in [-0.25, -0.2) is 4.79 Å². The molecule has 3 heterocycles. The highest BCUT2D eigenvalue weighted by molar-refractivity contribution is 5.90. The van der Waals surface area contributed by atoms with Crippen LogP contribution in [0.2, 0.25) is 0 Å². The molecule has 2 fully saturated rings. The molecule has 0 saturated carbocycles. The van der Waals surface area contributed by atoms with Crippen molar-refractivity contribution in [3.63, 3.8) is 0 Å². The Morgan fingerprint density at radius 1 is 1.55 bits per heavy atom. The Labute approximate surface area is 119 Å². The summed E-state index contributed by atoms with van der Waals surface area (Å²) in [5, 5.41) is 3.57. The summed E-state index contributed by atoms with van der Waals surface area (Å²) in [5.74, 6) is 1.94. The third kappa shape index (κ3) is 2.60. The molecule has 2 aliphatic rings. The maximum absolute atomic E-state index is 11.6. The van der Waals surface area contributed by atoms with Crippen LogP contribution in [0.25, 0.3) is 0 Å². The predicted molar refractivity (Wildman–Crippen MR) is 74.6 cm³/mol. The van der Waals surface area contributed by atoms with Crippen LogP contribution in [0.1, 0.15) is 34.7 Å². The van der Waals surface area contributed by atoms with E-state index in [9.17, 15) is 4.79 Å². The van der Waals surface area contributed by atoms with Crippen molar-refractivity contribution < 1.29 is 13.9 Å². The topological polar surface area (TPSA) is 54.7 Å². The molecule has 2 saturated heterocycles. The van der Waals surface area contributed by atoms with Crippen molar-refractivity contribution in [2.45, 2.75) is 32.4 Å². The van der Waals surface area contributed by atoms with E-state index in [1.165, 1.54) is 20.0 Å². The maximum atomic E-state index is 11.6. The summed E-state index contributed by atoms with van der Waals surface area (Å²) >= 11 is 0. The normalized spacial score (nSPS) is 26.5. The van der Waals surface area contributed by atoms with E-state index in [1.54, 1.807) is 0 Å². The lowest BCUT2D eigenvalue weighted by molar-refractivity contribution is 0.0599. The van der Waals surface area contributed by atoms with Gasteiger partial charge in [0.1, 0.15) is 17.1 Å². The molecule has 20 heavy (non-hydrogen) atoms. The molecule has 1 N–H and O–H groups in total. The lowest BCUT2D eigenvalue weighted by Gasteiger charge is -2.34. The van der Waals surface area contributed by atoms with Crippen LogP contribution >= 0.6 is 0 Å². The Morgan fingerprint density at radius 3 is 3.20 bits per heavy atom. The average Bonchev–Trinajstić information content (AvgIpc) is 3.04. The van der Waals surface area contributed by atoms with E-state index < -0.39 is 0 Å². The number of hydrogen-bond acceptors (Lipinski definition) is 5. The first kappa shape index (κ1) is 13.6. The van der Waals surface area contributed by atoms with E-state index in [-0.39, 0.29) is 5.97 Å². The quantitative estimate of drug-likeness (QED) is 0.850. The monoisotopic (exact) mass is 278 g/mol. The van der Waals surface area contributed by atoms with Gasteiger partial charge >= 0.3 is 5.97 Å². The van der Waals surface area contributed by atoms with Crippen LogP contribution in [0.15, 0.2) is 10.5 Å². The van der Waals surface area contributed by atoms with Gasteiger partial charge in [0.05, 0.1) is 13.7 Å². The fraction of sp³-hybridized carbons (Fsp3) is 0.667. The number of furan rings is 1. The molecular weight excluding hydrogens is 256 g/mol. The Balaban J connectivity index is 1.64. The molecule has 0 bridgehead atoms. The zero-order chi connectivity index (χ0) is 14.1. The van der Waals surface area contributed by atoms with Gasteiger partial charge in [-0.1, -0.05) is 0 Å². The molecule has 0 spiro atoms. The minimum Gasteiger partial charge on any atom is -0.465 e. The summed E-state index contributed by atoms with van der Waals surface area (Å²) in [6.45, 7) is 5.94. The van der Waals surface area contributed by atoms with E-state index in [0.29, 0.717) is 17.4 Å². The van der Waals surface area contributed by atoms with Crippen LogP contribution in [0.4, 0.5) is 0 Å². The molecule has 0 aliphatic carbocycles. The van der Waals surface area contributed by atoms with Gasteiger partial charge in [-0.2, -0.15) is 0 Å². The van der Waals surface area contributed by atoms with Gasteiger partial charge in [0.15, 0.2) is 0 Å². The number of esters is 1. The number of ether oxygens (including phenoxy) is 1. The number of carbonyl (C=O) groups is 1. The molecule has 0 aromatic carbocycles. The first-order chi connectivity index (χ1) is 9.67. The van der Waals surface area contributed by atoms with E-state index in [2.05, 4.69) is 10.2 Å². The molecule has 5 nitrogen and oxygen atoms in total. The number of carbonyl (C=O) groups excluding carboxylic acids is 1. The molecule has 5 heteroatoms. The van der Waals surface area contributed by atoms with E-state index in [0.717, 1.165) is 37.9 Å². The molecule has 3 rings (SSSR count). The van der Waals surface area contributed by atoms with Crippen LogP contribution < -0.4 is 5.32 Å². The van der Waals surface area contributed by atoms with E-state index >= 15 is 0 Å². The summed E-state index contributed by atoms with van der Waals surface area (Å²) in [6.07, 6.45) is 2.47. The molecule has 2 atom stereocenters. The number of nitrogens with zero attached hydrogens (tertiary/aromatic N) is 1. The van der Waals surface area contributed by atoms with Gasteiger partial charge in [0.25, 0.3) is 0 Å². The SMILES string of the molecule is COC(=O)c1cc(CN2CCC3NCCC3C2)oc1C. The smallest absolute Gasteiger partial charge is 0.341 e. The number of likely N-dealkylation sites (tertiary alicyclic amines) is 1. The van der Waals surface area contributed by atoms with Gasteiger partial charge in [0.2, 0.25) is 0 Å². The molecule has 0 radical (unpaired) electrons. The van der Waals surface area contributed by atoms with Gasteiger partial charge in [-0.15, -0.1) is 0 Å². The third-order valence-corrected chi connectivity index (χ3v) is 4.49. The van der Waals surface area contributed by atoms with Crippen molar-refractivity contribution in [2.75, 3.05) is 26.7 Å². The van der Waals surface area contributed by atoms with Crippen LogP contribution in [-0.4, -0.2) is 43.7 Å². The second-order valence-corrected chi connectivity index (χ2v) is 5.81. The van der Waals surface area contributed by atoms with Crippen molar-refractivity contribution in [2.24, 2.45) is 5.92 Å². The Kier molecular flexibility index (Phi) is 3.81. The molecule has 110 valence electrons. The van der Waals surface area contributed by atoms with Gasteiger partial charge < -0.3 is 14.5 Å². The fourth-order valence-corrected chi connectivity index (χ4v) is 3.42. The lowest BCUT2D eigenvalue weighted by atomic mass is 9.93. The second kappa shape index (κ2) is 5.58. The van der Waals surface area contributed by atoms with Crippen LogP contribution in [0.3, 0.4) is 0 Å². The molecular formula is C15H22N2O3. The van der Waals surface area contributed by atoms with Gasteiger partial charge in [-0.3, -0.25) is 4.90 Å². The van der Waals surface area contributed by atoms with Crippen molar-refractivity contribution in [3.8, 4) is 0 Å². The number of aryl methyl sites for hydroxylation is 1. The Bertz CT molecular complexity index is 497. The zero-order valence-corrected chi connectivity index (χ0v) is 12.1. The van der Waals surface area contributed by atoms with Gasteiger partial charge in [0, 0.05) is 19.1 Å². The molecule has 0 amide bonds. The molecule has 1 aromatic rings. The Hall–Kier alpha value is -1.33. The summed E-state index contributed by atoms with van der Waals surface area (Å²) < 4.78 is 10.4. The van der Waals surface area contributed by atoms with Crippen molar-refractivity contribution in [3.05, 3.63) is 23.2 Å². The average molecular weight is 278 g/mol. The largest absolute Gasteiger partial charge is 0.465 e. The number of rotatable bonds is 3. The second-order valence-electron chi connectivity index (χ2n) is 5.81. The minimum atomic E-state index is -0.323. The minimum absolute atomic E-state index is 0.323. The molecule has 2 unspecified atom stereocenters. The standard InChI is InChI=1S/C15H22N2O3/c1-10-13(15(18)19-2)7-12(20-10)9-17-6-4-14-11(8-17)3-5-16-14/h7,11,14,16H,3-6,8-9H2,1-2H3. The van der Waals surface area contributed by atoms with E-state index in [1.807, 2.05) is 13.0 Å². The lowest BCUT2D eigenvalue weighted by Crippen LogP contribution is -2.43. The number of hydrogen-bond donors (Lipinski definition) is 1. The molecule has 1 aromatic heterocycles. The highest BCUT2D eigenvalue weighted by Crippen LogP contribution is 2.26. The fourth-order valence-electron chi connectivity index (χ4n) is 3.42. The van der Waals surface area contributed by atoms with Crippen molar-refractivity contribution in [1.29, 1.82) is 0 Å².